The van der Waals surface area contributed by atoms with E-state index in [9.17, 15) is 9.59 Å². The molecule has 0 spiro atoms. The van der Waals surface area contributed by atoms with Crippen molar-refractivity contribution in [2.75, 3.05) is 31.7 Å². The minimum atomic E-state index is -0.723. The Morgan fingerprint density at radius 2 is 1.97 bits per heavy atom. The molecule has 36 heavy (non-hydrogen) atoms. The lowest BCUT2D eigenvalue weighted by atomic mass is 9.95. The lowest BCUT2D eigenvalue weighted by Gasteiger charge is -2.25. The van der Waals surface area contributed by atoms with E-state index in [1.165, 1.54) is 17.8 Å². The molecule has 2 aliphatic rings. The second kappa shape index (κ2) is 10.2. The van der Waals surface area contributed by atoms with Crippen molar-refractivity contribution in [2.45, 2.75) is 39.2 Å². The van der Waals surface area contributed by atoms with Gasteiger partial charge in [0.05, 0.1) is 29.5 Å². The molecule has 0 aliphatic carbocycles. The van der Waals surface area contributed by atoms with Crippen LogP contribution in [0.25, 0.3) is 6.08 Å². The van der Waals surface area contributed by atoms with Crippen LogP contribution < -0.4 is 24.5 Å². The first-order chi connectivity index (χ1) is 17.5. The number of hydrogen-bond acceptors (Lipinski definition) is 8. The number of aromatic nitrogens is 1. The molecule has 0 bridgehead atoms. The molecule has 2 aromatic heterocycles. The Morgan fingerprint density at radius 1 is 1.19 bits per heavy atom. The van der Waals surface area contributed by atoms with Crippen molar-refractivity contribution in [2.24, 2.45) is 4.99 Å². The largest absolute Gasteiger partial charge is 0.496 e. The van der Waals surface area contributed by atoms with Crippen LogP contribution in [0.4, 0.5) is 5.88 Å². The fourth-order valence-electron chi connectivity index (χ4n) is 4.81. The van der Waals surface area contributed by atoms with Crippen LogP contribution in [0.5, 0.6) is 5.75 Å². The van der Waals surface area contributed by atoms with Crippen LogP contribution >= 0.6 is 11.3 Å². The SMILES string of the molecule is CCOC(=O)C1=C(C)N=c2s/c(=C/c3ccc(N4CCCCC4)o3)c(=O)n2[C@H]1c1ccccc1OC. The zero-order valence-electron chi connectivity index (χ0n) is 20.7. The average Bonchev–Trinajstić information content (AvgIpc) is 3.48. The summed E-state index contributed by atoms with van der Waals surface area (Å²) in [4.78, 5) is 34.2. The van der Waals surface area contributed by atoms with Crippen LogP contribution in [0.2, 0.25) is 0 Å². The van der Waals surface area contributed by atoms with Gasteiger partial charge in [-0.05, 0) is 45.2 Å². The number of esters is 1. The number of para-hydroxylation sites is 1. The number of piperidine rings is 1. The highest BCUT2D eigenvalue weighted by atomic mass is 32.1. The van der Waals surface area contributed by atoms with Crippen LogP contribution in [0, 0.1) is 0 Å². The summed E-state index contributed by atoms with van der Waals surface area (Å²) < 4.78 is 19.1. The number of methoxy groups -OCH3 is 1. The minimum Gasteiger partial charge on any atom is -0.496 e. The molecule has 3 aromatic rings. The predicted octanol–water partition coefficient (Wildman–Crippen LogP) is 3.39. The van der Waals surface area contributed by atoms with Gasteiger partial charge in [-0.15, -0.1) is 0 Å². The number of ether oxygens (including phenoxy) is 2. The van der Waals surface area contributed by atoms with E-state index in [1.807, 2.05) is 36.4 Å². The average molecular weight is 508 g/mol. The Labute approximate surface area is 212 Å². The van der Waals surface area contributed by atoms with Gasteiger partial charge in [-0.1, -0.05) is 29.5 Å². The maximum atomic E-state index is 13.8. The molecule has 2 aliphatic heterocycles. The molecule has 1 aromatic carbocycles. The molecular weight excluding hydrogens is 478 g/mol. The van der Waals surface area contributed by atoms with Crippen molar-refractivity contribution in [1.82, 2.24) is 4.57 Å². The second-order valence-corrected chi connectivity index (χ2v) is 9.78. The molecule has 1 atom stereocenters. The molecule has 4 heterocycles. The first-order valence-electron chi connectivity index (χ1n) is 12.2. The van der Waals surface area contributed by atoms with Gasteiger partial charge in [0.15, 0.2) is 10.7 Å². The summed E-state index contributed by atoms with van der Waals surface area (Å²) in [5.74, 6) is 1.50. The number of carbonyl (C=O) groups is 1. The van der Waals surface area contributed by atoms with E-state index in [2.05, 4.69) is 9.89 Å². The van der Waals surface area contributed by atoms with E-state index in [0.29, 0.717) is 37.7 Å². The van der Waals surface area contributed by atoms with Gasteiger partial charge in [0.25, 0.3) is 5.56 Å². The van der Waals surface area contributed by atoms with Gasteiger partial charge < -0.3 is 18.8 Å². The lowest BCUT2D eigenvalue weighted by Crippen LogP contribution is -2.40. The Balaban J connectivity index is 1.63. The molecule has 1 saturated heterocycles. The summed E-state index contributed by atoms with van der Waals surface area (Å²) >= 11 is 1.27. The zero-order chi connectivity index (χ0) is 25.2. The van der Waals surface area contributed by atoms with Gasteiger partial charge in [0, 0.05) is 30.8 Å². The van der Waals surface area contributed by atoms with E-state index >= 15 is 0 Å². The fraction of sp³-hybridized carbons (Fsp3) is 0.370. The molecule has 5 rings (SSSR count). The Hall–Kier alpha value is -3.59. The Bertz CT molecular complexity index is 1490. The molecule has 0 unspecified atom stereocenters. The molecule has 0 N–H and O–H groups in total. The van der Waals surface area contributed by atoms with Crippen molar-refractivity contribution in [3.63, 3.8) is 0 Å². The van der Waals surface area contributed by atoms with Crippen LogP contribution in [-0.4, -0.2) is 37.3 Å². The number of nitrogens with zero attached hydrogens (tertiary/aromatic N) is 3. The number of carbonyl (C=O) groups excluding carboxylic acids is 1. The monoisotopic (exact) mass is 507 g/mol. The van der Waals surface area contributed by atoms with Gasteiger partial charge >= 0.3 is 5.97 Å². The molecule has 8 nitrogen and oxygen atoms in total. The normalized spacial score (nSPS) is 18.1. The third-order valence-electron chi connectivity index (χ3n) is 6.50. The van der Waals surface area contributed by atoms with E-state index in [0.717, 1.165) is 31.8 Å². The van der Waals surface area contributed by atoms with Crippen LogP contribution in [0.15, 0.2) is 61.9 Å². The van der Waals surface area contributed by atoms with E-state index in [1.54, 1.807) is 31.6 Å². The van der Waals surface area contributed by atoms with Crippen molar-refractivity contribution in [3.8, 4) is 5.75 Å². The quantitative estimate of drug-likeness (QED) is 0.476. The Kier molecular flexibility index (Phi) is 6.82. The van der Waals surface area contributed by atoms with Gasteiger partial charge in [-0.2, -0.15) is 0 Å². The standard InChI is InChI=1S/C27H29N3O5S/c1-4-34-26(32)23-17(2)28-27-30(24(23)19-10-6-7-11-20(19)33-3)25(31)21(36-27)16-18-12-13-22(35-18)29-14-8-5-9-15-29/h6-7,10-13,16,24H,4-5,8-9,14-15H2,1-3H3/b21-16+/t24-/m0/s1. The first kappa shape index (κ1) is 24.1. The number of rotatable bonds is 6. The summed E-state index contributed by atoms with van der Waals surface area (Å²) in [6.45, 7) is 5.69. The summed E-state index contributed by atoms with van der Waals surface area (Å²) in [6, 6.07) is 10.5. The van der Waals surface area contributed by atoms with Gasteiger partial charge in [0.2, 0.25) is 0 Å². The fourth-order valence-corrected chi connectivity index (χ4v) is 5.84. The van der Waals surface area contributed by atoms with Crippen LogP contribution in [0.1, 0.15) is 50.5 Å². The molecule has 0 amide bonds. The predicted molar refractivity (Wildman–Crippen MR) is 138 cm³/mol. The molecule has 0 radical (unpaired) electrons. The van der Waals surface area contributed by atoms with Crippen LogP contribution in [-0.2, 0) is 9.53 Å². The second-order valence-electron chi connectivity index (χ2n) is 8.77. The third-order valence-corrected chi connectivity index (χ3v) is 7.49. The van der Waals surface area contributed by atoms with Gasteiger partial charge in [-0.25, -0.2) is 9.79 Å². The van der Waals surface area contributed by atoms with E-state index in [-0.39, 0.29) is 12.2 Å². The topological polar surface area (TPSA) is 86.3 Å². The highest BCUT2D eigenvalue weighted by Crippen LogP contribution is 2.35. The maximum absolute atomic E-state index is 13.8. The molecular formula is C27H29N3O5S. The van der Waals surface area contributed by atoms with Crippen molar-refractivity contribution in [3.05, 3.63) is 78.7 Å². The lowest BCUT2D eigenvalue weighted by molar-refractivity contribution is -0.139. The number of benzene rings is 1. The summed E-state index contributed by atoms with van der Waals surface area (Å²) in [7, 11) is 1.57. The zero-order valence-corrected chi connectivity index (χ0v) is 21.5. The highest BCUT2D eigenvalue weighted by molar-refractivity contribution is 7.07. The molecule has 1 fully saturated rings. The number of anilines is 1. The summed E-state index contributed by atoms with van der Waals surface area (Å²) in [5.41, 5.74) is 1.28. The molecule has 188 valence electrons. The number of thiazole rings is 1. The molecule has 0 saturated carbocycles. The Morgan fingerprint density at radius 3 is 2.72 bits per heavy atom. The van der Waals surface area contributed by atoms with Gasteiger partial charge in [-0.3, -0.25) is 9.36 Å². The minimum absolute atomic E-state index is 0.219. The van der Waals surface area contributed by atoms with Crippen LogP contribution in [0.3, 0.4) is 0 Å². The molecule has 9 heteroatoms. The van der Waals surface area contributed by atoms with E-state index in [4.69, 9.17) is 13.9 Å². The number of furan rings is 1. The summed E-state index contributed by atoms with van der Waals surface area (Å²) in [6.07, 6.45) is 5.30. The van der Waals surface area contributed by atoms with Gasteiger partial charge in [0.1, 0.15) is 17.6 Å². The maximum Gasteiger partial charge on any atom is 0.338 e. The van der Waals surface area contributed by atoms with E-state index < -0.39 is 12.0 Å². The summed E-state index contributed by atoms with van der Waals surface area (Å²) in [5, 5.41) is 0. The number of allylic oxidation sites excluding steroid dienone is 1. The first-order valence-corrected chi connectivity index (χ1v) is 13.0. The number of fused-ring (bicyclic) bond motifs is 1. The van der Waals surface area contributed by atoms with Crippen molar-refractivity contribution >= 4 is 29.3 Å². The third kappa shape index (κ3) is 4.39. The van der Waals surface area contributed by atoms with Crippen molar-refractivity contribution in [1.29, 1.82) is 0 Å². The van der Waals surface area contributed by atoms with Crippen molar-refractivity contribution < 1.29 is 18.7 Å². The smallest absolute Gasteiger partial charge is 0.338 e. The highest BCUT2D eigenvalue weighted by Gasteiger charge is 2.35. The number of hydrogen-bond donors (Lipinski definition) is 0.